The number of piperidine rings is 2. The molecular weight excluding hydrogens is 462 g/mol. The highest BCUT2D eigenvalue weighted by atomic mass is 32.2. The third-order valence-electron chi connectivity index (χ3n) is 7.35. The van der Waals surface area contributed by atoms with E-state index < -0.39 is 10.0 Å². The minimum absolute atomic E-state index is 0.113. The number of aryl methyl sites for hydroxylation is 1. The highest BCUT2D eigenvalue weighted by Gasteiger charge is 2.34. The molecule has 4 rings (SSSR count). The van der Waals surface area contributed by atoms with Crippen LogP contribution in [0, 0.1) is 23.2 Å². The summed E-state index contributed by atoms with van der Waals surface area (Å²) in [7, 11) is -1.94. The predicted molar refractivity (Wildman–Crippen MR) is 133 cm³/mol. The molecule has 0 saturated carbocycles. The number of sulfonamides is 1. The molecule has 0 spiro atoms. The number of ether oxygens (including phenoxy) is 1. The van der Waals surface area contributed by atoms with Gasteiger partial charge in [-0.2, -0.15) is 9.57 Å². The SMILES string of the molecule is COc1ccc(CCC2CCN(C(=O)C3CCN(S(=O)(=O)c4ccc(C#N)cc4)CC3)CC2)cc1. The first-order valence-corrected chi connectivity index (χ1v) is 13.8. The molecule has 35 heavy (non-hydrogen) atoms. The van der Waals surface area contributed by atoms with Gasteiger partial charge in [-0.1, -0.05) is 12.1 Å². The van der Waals surface area contributed by atoms with E-state index in [0.717, 1.165) is 44.5 Å². The van der Waals surface area contributed by atoms with E-state index in [1.54, 1.807) is 7.11 Å². The lowest BCUT2D eigenvalue weighted by Gasteiger charge is -2.37. The summed E-state index contributed by atoms with van der Waals surface area (Å²) >= 11 is 0. The highest BCUT2D eigenvalue weighted by Crippen LogP contribution is 2.28. The molecular formula is C27H33N3O4S. The molecule has 2 fully saturated rings. The van der Waals surface area contributed by atoms with Crippen LogP contribution in [0.3, 0.4) is 0 Å². The molecule has 7 nitrogen and oxygen atoms in total. The lowest BCUT2D eigenvalue weighted by molar-refractivity contribution is -0.138. The number of rotatable bonds is 7. The normalized spacial score (nSPS) is 18.2. The van der Waals surface area contributed by atoms with Gasteiger partial charge in [-0.3, -0.25) is 4.79 Å². The van der Waals surface area contributed by atoms with Crippen LogP contribution in [0.4, 0.5) is 0 Å². The van der Waals surface area contributed by atoms with E-state index in [1.807, 2.05) is 23.1 Å². The molecule has 0 N–H and O–H groups in total. The van der Waals surface area contributed by atoms with Crippen molar-refractivity contribution in [2.45, 2.75) is 43.4 Å². The first-order chi connectivity index (χ1) is 16.9. The zero-order chi connectivity index (χ0) is 24.8. The van der Waals surface area contributed by atoms with E-state index in [-0.39, 0.29) is 16.7 Å². The second kappa shape index (κ2) is 11.2. The van der Waals surface area contributed by atoms with Gasteiger partial charge in [0.25, 0.3) is 0 Å². The van der Waals surface area contributed by atoms with E-state index in [2.05, 4.69) is 12.1 Å². The maximum atomic E-state index is 13.1. The molecule has 0 atom stereocenters. The van der Waals surface area contributed by atoms with Gasteiger partial charge in [0, 0.05) is 32.1 Å². The molecule has 2 aliphatic rings. The van der Waals surface area contributed by atoms with Crippen LogP contribution >= 0.6 is 0 Å². The molecule has 2 saturated heterocycles. The molecule has 2 aliphatic heterocycles. The quantitative estimate of drug-likeness (QED) is 0.582. The largest absolute Gasteiger partial charge is 0.497 e. The lowest BCUT2D eigenvalue weighted by Crippen LogP contribution is -2.46. The highest BCUT2D eigenvalue weighted by molar-refractivity contribution is 7.89. The Morgan fingerprint density at radius 1 is 0.971 bits per heavy atom. The first-order valence-electron chi connectivity index (χ1n) is 12.3. The van der Waals surface area contributed by atoms with Crippen molar-refractivity contribution in [2.24, 2.45) is 11.8 Å². The number of hydrogen-bond acceptors (Lipinski definition) is 5. The average molecular weight is 496 g/mol. The Kier molecular flexibility index (Phi) is 8.09. The van der Waals surface area contributed by atoms with Crippen LogP contribution in [-0.2, 0) is 21.2 Å². The molecule has 0 bridgehead atoms. The Morgan fingerprint density at radius 3 is 2.17 bits per heavy atom. The number of carbonyl (C=O) groups is 1. The molecule has 0 radical (unpaired) electrons. The van der Waals surface area contributed by atoms with Crippen LogP contribution in [0.1, 0.15) is 43.2 Å². The van der Waals surface area contributed by atoms with Gasteiger partial charge in [0.2, 0.25) is 15.9 Å². The minimum Gasteiger partial charge on any atom is -0.497 e. The number of methoxy groups -OCH3 is 1. The van der Waals surface area contributed by atoms with Crippen molar-refractivity contribution in [3.8, 4) is 11.8 Å². The Balaban J connectivity index is 1.22. The summed E-state index contributed by atoms with van der Waals surface area (Å²) in [6.07, 6.45) is 5.30. The standard InChI is InChI=1S/C27H33N3O4S/c1-34-25-8-4-21(5-9-25)2-3-22-12-16-29(17-13-22)27(31)24-14-18-30(19-15-24)35(32,33)26-10-6-23(20-28)7-11-26/h4-11,22,24H,2-3,12-19H2,1H3. The number of nitrogens with zero attached hydrogens (tertiary/aromatic N) is 3. The van der Waals surface area contributed by atoms with E-state index in [9.17, 15) is 13.2 Å². The number of carbonyl (C=O) groups excluding carboxylic acids is 1. The van der Waals surface area contributed by atoms with Crippen LogP contribution in [0.15, 0.2) is 53.4 Å². The van der Waals surface area contributed by atoms with Crippen molar-refractivity contribution in [2.75, 3.05) is 33.3 Å². The van der Waals surface area contributed by atoms with Gasteiger partial charge in [-0.25, -0.2) is 8.42 Å². The fraction of sp³-hybridized carbons (Fsp3) is 0.481. The molecule has 0 unspecified atom stereocenters. The third kappa shape index (κ3) is 6.03. The summed E-state index contributed by atoms with van der Waals surface area (Å²) in [5.41, 5.74) is 1.74. The fourth-order valence-electron chi connectivity index (χ4n) is 5.06. The summed E-state index contributed by atoms with van der Waals surface area (Å²) in [5.74, 6) is 1.56. The van der Waals surface area contributed by atoms with Crippen molar-refractivity contribution >= 4 is 15.9 Å². The summed E-state index contributed by atoms with van der Waals surface area (Å²) in [6.45, 7) is 2.26. The second-order valence-electron chi connectivity index (χ2n) is 9.47. The zero-order valence-electron chi connectivity index (χ0n) is 20.2. The van der Waals surface area contributed by atoms with Gasteiger partial charge >= 0.3 is 0 Å². The monoisotopic (exact) mass is 495 g/mol. The Morgan fingerprint density at radius 2 is 1.60 bits per heavy atom. The van der Waals surface area contributed by atoms with Crippen LogP contribution in [0.25, 0.3) is 0 Å². The zero-order valence-corrected chi connectivity index (χ0v) is 21.0. The molecule has 0 aromatic heterocycles. The smallest absolute Gasteiger partial charge is 0.243 e. The van der Waals surface area contributed by atoms with E-state index in [4.69, 9.17) is 10.00 Å². The van der Waals surface area contributed by atoms with Gasteiger partial charge in [-0.15, -0.1) is 0 Å². The average Bonchev–Trinajstić information content (AvgIpc) is 2.92. The van der Waals surface area contributed by atoms with Crippen molar-refractivity contribution in [1.29, 1.82) is 5.26 Å². The van der Waals surface area contributed by atoms with Gasteiger partial charge in [0.05, 0.1) is 23.6 Å². The van der Waals surface area contributed by atoms with Crippen molar-refractivity contribution in [3.05, 3.63) is 59.7 Å². The molecule has 1 amide bonds. The number of hydrogen-bond donors (Lipinski definition) is 0. The van der Waals surface area contributed by atoms with E-state index in [0.29, 0.717) is 37.4 Å². The summed E-state index contributed by atoms with van der Waals surface area (Å²) in [4.78, 5) is 15.3. The van der Waals surface area contributed by atoms with Crippen LogP contribution < -0.4 is 4.74 Å². The predicted octanol–water partition coefficient (Wildman–Crippen LogP) is 3.84. The number of nitriles is 1. The Labute approximate surface area is 208 Å². The molecule has 2 aromatic carbocycles. The lowest BCUT2D eigenvalue weighted by atomic mass is 9.89. The maximum absolute atomic E-state index is 13.1. The molecule has 2 heterocycles. The molecule has 0 aliphatic carbocycles. The minimum atomic E-state index is -3.61. The van der Waals surface area contributed by atoms with Crippen LogP contribution in [0.5, 0.6) is 5.75 Å². The van der Waals surface area contributed by atoms with Crippen molar-refractivity contribution < 1.29 is 17.9 Å². The Hall–Kier alpha value is -2.89. The number of amides is 1. The summed E-state index contributed by atoms with van der Waals surface area (Å²) < 4.78 is 32.6. The van der Waals surface area contributed by atoms with Gasteiger partial charge in [0.15, 0.2) is 0 Å². The van der Waals surface area contributed by atoms with Gasteiger partial charge < -0.3 is 9.64 Å². The number of benzene rings is 2. The fourth-order valence-corrected chi connectivity index (χ4v) is 6.53. The van der Waals surface area contributed by atoms with Gasteiger partial charge in [-0.05, 0) is 86.4 Å². The Bertz CT molecular complexity index is 1140. The molecule has 8 heteroatoms. The van der Waals surface area contributed by atoms with E-state index >= 15 is 0 Å². The molecule has 2 aromatic rings. The van der Waals surface area contributed by atoms with Crippen LogP contribution in [-0.4, -0.2) is 56.8 Å². The second-order valence-corrected chi connectivity index (χ2v) is 11.4. The molecule has 186 valence electrons. The third-order valence-corrected chi connectivity index (χ3v) is 9.26. The van der Waals surface area contributed by atoms with Gasteiger partial charge in [0.1, 0.15) is 5.75 Å². The summed E-state index contributed by atoms with van der Waals surface area (Å²) in [6, 6.07) is 16.2. The summed E-state index contributed by atoms with van der Waals surface area (Å²) in [5, 5.41) is 8.92. The van der Waals surface area contributed by atoms with E-state index in [1.165, 1.54) is 34.1 Å². The van der Waals surface area contributed by atoms with Crippen molar-refractivity contribution in [1.82, 2.24) is 9.21 Å². The number of likely N-dealkylation sites (tertiary alicyclic amines) is 1. The van der Waals surface area contributed by atoms with Crippen LogP contribution in [0.2, 0.25) is 0 Å². The van der Waals surface area contributed by atoms with Crippen molar-refractivity contribution in [3.63, 3.8) is 0 Å². The topological polar surface area (TPSA) is 90.7 Å². The first kappa shape index (κ1) is 25.2. The maximum Gasteiger partial charge on any atom is 0.243 e.